The average molecular weight is 261 g/mol. The minimum Gasteiger partial charge on any atom is -0.365 e. The predicted octanol–water partition coefficient (Wildman–Crippen LogP) is 0.594. The van der Waals surface area contributed by atoms with E-state index in [0.29, 0.717) is 6.54 Å². The number of carbonyl (C=O) groups is 1. The number of carbonyl (C=O) groups excluding carboxylic acids is 1. The maximum atomic E-state index is 12.3. The molecule has 3 nitrogen and oxygen atoms in total. The Kier molecular flexibility index (Phi) is 4.34. The summed E-state index contributed by atoms with van der Waals surface area (Å²) in [6.45, 7) is 2.13. The number of nitrogens with two attached hydrogens (primary N) is 1. The highest BCUT2D eigenvalue weighted by Gasteiger charge is 2.30. The molecule has 0 spiro atoms. The fraction of sp³-hybridized carbons (Fsp3) is 0.417. The molecule has 1 aromatic rings. The van der Waals surface area contributed by atoms with Crippen molar-refractivity contribution in [2.75, 3.05) is 7.05 Å². The number of likely N-dealkylation sites (N-methyl/N-ethyl adjacent to an activating group) is 1. The number of amides is 1. The number of halogens is 3. The fourth-order valence-corrected chi connectivity index (χ4v) is 1.53. The molecule has 0 aliphatic carbocycles. The first-order valence-electron chi connectivity index (χ1n) is 5.49. The van der Waals surface area contributed by atoms with Gasteiger partial charge < -0.3 is 10.6 Å². The van der Waals surface area contributed by atoms with E-state index in [9.17, 15) is 18.0 Å². The first-order chi connectivity index (χ1) is 8.21. The molecular weight excluding hydrogens is 245 g/mol. The average Bonchev–Trinajstić information content (AvgIpc) is 2.27. The van der Waals surface area contributed by atoms with E-state index in [1.54, 1.807) is 14.0 Å². The van der Waals surface area contributed by atoms with Crippen LogP contribution in [0.1, 0.15) is 18.1 Å². The van der Waals surface area contributed by atoms with Crippen LogP contribution in [0.4, 0.5) is 13.2 Å². The molecule has 1 amide bonds. The molecule has 1 unspecified atom stereocenters. The van der Waals surface area contributed by atoms with Crippen LogP contribution in [0, 0.1) is 0 Å². The van der Waals surface area contributed by atoms with Crippen LogP contribution >= 0.6 is 0 Å². The van der Waals surface area contributed by atoms with E-state index in [-0.39, 0.29) is 6.04 Å². The number of benzene rings is 1. The second-order valence-electron chi connectivity index (χ2n) is 4.34. The Hall–Kier alpha value is -1.56. The third-order valence-electron chi connectivity index (χ3n) is 2.93. The van der Waals surface area contributed by atoms with E-state index in [0.717, 1.165) is 22.6 Å². The molecule has 18 heavy (non-hydrogen) atoms. The van der Waals surface area contributed by atoms with Crippen LogP contribution in [-0.2, 0) is 17.5 Å². The zero-order chi connectivity index (χ0) is 13.9. The highest BCUT2D eigenvalue weighted by Crippen LogP contribution is 2.28. The van der Waals surface area contributed by atoms with Crippen LogP contribution in [0.5, 0.6) is 0 Å². The fourth-order valence-electron chi connectivity index (χ4n) is 1.53. The molecule has 0 aliphatic rings. The van der Waals surface area contributed by atoms with Crippen molar-refractivity contribution in [1.29, 1.82) is 0 Å². The maximum Gasteiger partial charge on any atom is 0.416 e. The van der Waals surface area contributed by atoms with E-state index < -0.39 is 17.6 Å². The van der Waals surface area contributed by atoms with Crippen molar-refractivity contribution < 1.29 is 22.9 Å². The second-order valence-corrected chi connectivity index (χ2v) is 4.34. The molecular formula is C12H16F3N2O+. The molecule has 0 heterocycles. The zero-order valence-electron chi connectivity index (χ0n) is 10.2. The molecule has 100 valence electrons. The quantitative estimate of drug-likeness (QED) is 0.819. The summed E-state index contributed by atoms with van der Waals surface area (Å²) >= 11 is 0. The minimum absolute atomic E-state index is 0.382. The number of alkyl halides is 3. The summed E-state index contributed by atoms with van der Waals surface area (Å²) in [6, 6.07) is 4.53. The lowest BCUT2D eigenvalue weighted by molar-refractivity contribution is -0.908. The number of quaternary nitrogens is 1. The van der Waals surface area contributed by atoms with Crippen molar-refractivity contribution in [3.05, 3.63) is 35.4 Å². The summed E-state index contributed by atoms with van der Waals surface area (Å²) in [5.41, 5.74) is 5.22. The van der Waals surface area contributed by atoms with Gasteiger partial charge in [0.2, 0.25) is 0 Å². The highest BCUT2D eigenvalue weighted by molar-refractivity contribution is 5.77. The molecule has 0 bridgehead atoms. The summed E-state index contributed by atoms with van der Waals surface area (Å²) < 4.78 is 37.0. The summed E-state index contributed by atoms with van der Waals surface area (Å²) in [6.07, 6.45) is -4.32. The van der Waals surface area contributed by atoms with Gasteiger partial charge in [0.25, 0.3) is 5.91 Å². The summed E-state index contributed by atoms with van der Waals surface area (Å²) in [5, 5.41) is 0. The molecule has 6 heteroatoms. The van der Waals surface area contributed by atoms with E-state index in [2.05, 4.69) is 0 Å². The van der Waals surface area contributed by atoms with E-state index in [1.807, 2.05) is 0 Å². The van der Waals surface area contributed by atoms with Gasteiger partial charge in [-0.25, -0.2) is 0 Å². The summed E-state index contributed by atoms with van der Waals surface area (Å²) in [4.78, 5) is 11.8. The van der Waals surface area contributed by atoms with Gasteiger partial charge in [-0.1, -0.05) is 12.1 Å². The maximum absolute atomic E-state index is 12.3. The van der Waals surface area contributed by atoms with Crippen LogP contribution in [-0.4, -0.2) is 19.0 Å². The molecule has 1 rings (SSSR count). The van der Waals surface area contributed by atoms with Crippen molar-refractivity contribution in [2.45, 2.75) is 25.7 Å². The normalized spacial score (nSPS) is 15.2. The monoisotopic (exact) mass is 261 g/mol. The number of nitrogens with one attached hydrogen (secondary N) is 1. The van der Waals surface area contributed by atoms with Gasteiger partial charge in [0.15, 0.2) is 6.04 Å². The van der Waals surface area contributed by atoms with Crippen LogP contribution in [0.2, 0.25) is 0 Å². The SMILES string of the molecule is C[C@@H](C(N)=O)[NH+](C)Cc1ccc(C(F)(F)F)cc1. The molecule has 0 aromatic heterocycles. The van der Waals surface area contributed by atoms with Gasteiger partial charge in [-0.15, -0.1) is 0 Å². The van der Waals surface area contributed by atoms with Gasteiger partial charge in [-0.2, -0.15) is 13.2 Å². The standard InChI is InChI=1S/C12H15F3N2O/c1-8(11(16)18)17(2)7-9-3-5-10(6-4-9)12(13,14)15/h3-6,8H,7H2,1-2H3,(H2,16,18)/p+1/t8-/m0/s1. The van der Waals surface area contributed by atoms with Crippen LogP contribution in [0.15, 0.2) is 24.3 Å². The van der Waals surface area contributed by atoms with Gasteiger partial charge in [-0.3, -0.25) is 4.79 Å². The van der Waals surface area contributed by atoms with E-state index in [1.165, 1.54) is 12.1 Å². The lowest BCUT2D eigenvalue weighted by atomic mass is 10.1. The Morgan fingerprint density at radius 1 is 1.33 bits per heavy atom. The number of hydrogen-bond acceptors (Lipinski definition) is 1. The first-order valence-corrected chi connectivity index (χ1v) is 5.49. The minimum atomic E-state index is -4.32. The smallest absolute Gasteiger partial charge is 0.365 e. The molecule has 3 N–H and O–H groups in total. The van der Waals surface area contributed by atoms with Gasteiger partial charge in [0, 0.05) is 5.56 Å². The Bertz CT molecular complexity index is 414. The summed E-state index contributed by atoms with van der Waals surface area (Å²) in [7, 11) is 1.77. The number of hydrogen-bond donors (Lipinski definition) is 2. The Morgan fingerprint density at radius 2 is 1.83 bits per heavy atom. The van der Waals surface area contributed by atoms with E-state index >= 15 is 0 Å². The molecule has 0 radical (unpaired) electrons. The molecule has 0 saturated carbocycles. The summed E-state index contributed by atoms with van der Waals surface area (Å²) in [5.74, 6) is -0.431. The van der Waals surface area contributed by atoms with Crippen LogP contribution in [0.25, 0.3) is 0 Å². The molecule has 2 atom stereocenters. The van der Waals surface area contributed by atoms with Gasteiger partial charge in [0.05, 0.1) is 12.6 Å². The highest BCUT2D eigenvalue weighted by atomic mass is 19.4. The molecule has 0 fully saturated rings. The van der Waals surface area contributed by atoms with E-state index in [4.69, 9.17) is 5.73 Å². The molecule has 1 aromatic carbocycles. The molecule has 0 saturated heterocycles. The van der Waals surface area contributed by atoms with Crippen molar-refractivity contribution in [3.8, 4) is 0 Å². The lowest BCUT2D eigenvalue weighted by Crippen LogP contribution is -3.12. The third kappa shape index (κ3) is 3.73. The Labute approximate surface area is 103 Å². The van der Waals surface area contributed by atoms with Crippen molar-refractivity contribution in [1.82, 2.24) is 0 Å². The van der Waals surface area contributed by atoms with Gasteiger partial charge >= 0.3 is 6.18 Å². The van der Waals surface area contributed by atoms with Crippen LogP contribution in [0.3, 0.4) is 0 Å². The zero-order valence-corrected chi connectivity index (χ0v) is 10.2. The molecule has 0 aliphatic heterocycles. The second kappa shape index (κ2) is 5.39. The Balaban J connectivity index is 2.73. The lowest BCUT2D eigenvalue weighted by Gasteiger charge is -2.19. The van der Waals surface area contributed by atoms with Crippen molar-refractivity contribution >= 4 is 5.91 Å². The number of rotatable bonds is 4. The van der Waals surface area contributed by atoms with Gasteiger partial charge in [-0.05, 0) is 19.1 Å². The third-order valence-corrected chi connectivity index (χ3v) is 2.93. The largest absolute Gasteiger partial charge is 0.416 e. The van der Waals surface area contributed by atoms with Crippen molar-refractivity contribution in [3.63, 3.8) is 0 Å². The number of primary amides is 1. The van der Waals surface area contributed by atoms with Gasteiger partial charge in [0.1, 0.15) is 6.54 Å². The Morgan fingerprint density at radius 3 is 2.22 bits per heavy atom. The van der Waals surface area contributed by atoms with Crippen LogP contribution < -0.4 is 10.6 Å². The topological polar surface area (TPSA) is 47.5 Å². The first kappa shape index (κ1) is 14.5. The predicted molar refractivity (Wildman–Crippen MR) is 60.7 cm³/mol. The van der Waals surface area contributed by atoms with Crippen molar-refractivity contribution in [2.24, 2.45) is 5.73 Å².